The molecule has 1 N–H and O–H groups in total. The highest BCUT2D eigenvalue weighted by Gasteiger charge is 2.23. The van der Waals surface area contributed by atoms with Crippen LogP contribution in [0, 0.1) is 13.8 Å². The molecule has 0 fully saturated rings. The van der Waals surface area contributed by atoms with Gasteiger partial charge in [0.15, 0.2) is 0 Å². The summed E-state index contributed by atoms with van der Waals surface area (Å²) < 4.78 is 1.96. The standard InChI is InChI=1S/C19H20N4O2S/c1-11(2)18-21-22-19(26-18)20-17(25)16(24)15-10-12(3)23(13(15)4)14-8-6-5-7-9-14/h5-11H,1-4H3,(H,20,22,25). The molecule has 0 atom stereocenters. The SMILES string of the molecule is Cc1cc(C(=O)C(=O)Nc2nnc(C(C)C)s2)c(C)n1-c1ccccc1. The van der Waals surface area contributed by atoms with Gasteiger partial charge in [-0.25, -0.2) is 0 Å². The summed E-state index contributed by atoms with van der Waals surface area (Å²) in [5, 5.41) is 11.7. The van der Waals surface area contributed by atoms with Crippen LogP contribution in [-0.2, 0) is 4.79 Å². The van der Waals surface area contributed by atoms with Crippen LogP contribution in [0.15, 0.2) is 36.4 Å². The van der Waals surface area contributed by atoms with Crippen molar-refractivity contribution in [2.45, 2.75) is 33.6 Å². The number of nitrogens with one attached hydrogen (secondary N) is 1. The smallest absolute Gasteiger partial charge is 0.298 e. The van der Waals surface area contributed by atoms with E-state index in [1.165, 1.54) is 11.3 Å². The van der Waals surface area contributed by atoms with E-state index in [4.69, 9.17) is 0 Å². The minimum absolute atomic E-state index is 0.221. The number of carbonyl (C=O) groups is 2. The molecule has 0 spiro atoms. The Kier molecular flexibility index (Phi) is 4.99. The van der Waals surface area contributed by atoms with Gasteiger partial charge in [-0.05, 0) is 32.0 Å². The van der Waals surface area contributed by atoms with E-state index in [1.54, 1.807) is 6.07 Å². The number of Topliss-reactive ketones (excluding diaryl/α,β-unsaturated/α-hetero) is 1. The molecule has 26 heavy (non-hydrogen) atoms. The Morgan fingerprint density at radius 2 is 1.81 bits per heavy atom. The maximum absolute atomic E-state index is 12.6. The largest absolute Gasteiger partial charge is 0.318 e. The molecule has 7 heteroatoms. The molecule has 3 aromatic rings. The number of benzene rings is 1. The predicted octanol–water partition coefficient (Wildman–Crippen LogP) is 3.89. The van der Waals surface area contributed by atoms with E-state index in [0.29, 0.717) is 10.7 Å². The van der Waals surface area contributed by atoms with E-state index in [0.717, 1.165) is 22.1 Å². The van der Waals surface area contributed by atoms with Gasteiger partial charge in [0.25, 0.3) is 11.7 Å². The van der Waals surface area contributed by atoms with Crippen LogP contribution in [0.1, 0.15) is 46.5 Å². The first-order chi connectivity index (χ1) is 12.4. The van der Waals surface area contributed by atoms with E-state index < -0.39 is 11.7 Å². The van der Waals surface area contributed by atoms with Crippen LogP contribution >= 0.6 is 11.3 Å². The molecule has 1 amide bonds. The number of aromatic nitrogens is 3. The Bertz CT molecular complexity index is 957. The summed E-state index contributed by atoms with van der Waals surface area (Å²) in [6.07, 6.45) is 0. The highest BCUT2D eigenvalue weighted by molar-refractivity contribution is 7.15. The molecule has 0 unspecified atom stereocenters. The van der Waals surface area contributed by atoms with E-state index >= 15 is 0 Å². The summed E-state index contributed by atoms with van der Waals surface area (Å²) in [5.74, 6) is -1.06. The minimum atomic E-state index is -0.704. The number of nitrogens with zero attached hydrogens (tertiary/aromatic N) is 3. The molecule has 3 rings (SSSR count). The number of anilines is 1. The molecule has 2 heterocycles. The van der Waals surface area contributed by atoms with Crippen LogP contribution in [0.3, 0.4) is 0 Å². The van der Waals surface area contributed by atoms with E-state index in [1.807, 2.05) is 62.6 Å². The quantitative estimate of drug-likeness (QED) is 0.547. The van der Waals surface area contributed by atoms with Crippen molar-refractivity contribution in [1.29, 1.82) is 0 Å². The van der Waals surface area contributed by atoms with Crippen LogP contribution < -0.4 is 5.32 Å². The maximum atomic E-state index is 12.6. The second kappa shape index (κ2) is 7.21. The molecule has 0 aliphatic heterocycles. The van der Waals surface area contributed by atoms with Crippen molar-refractivity contribution < 1.29 is 9.59 Å². The monoisotopic (exact) mass is 368 g/mol. The van der Waals surface area contributed by atoms with Gasteiger partial charge in [0.1, 0.15) is 5.01 Å². The Balaban J connectivity index is 1.84. The third-order valence-corrected chi connectivity index (χ3v) is 5.19. The average Bonchev–Trinajstić information content (AvgIpc) is 3.19. The number of amides is 1. The van der Waals surface area contributed by atoms with Gasteiger partial charge in [0.05, 0.1) is 0 Å². The van der Waals surface area contributed by atoms with Gasteiger partial charge in [-0.2, -0.15) is 0 Å². The van der Waals surface area contributed by atoms with Gasteiger partial charge >= 0.3 is 0 Å². The second-order valence-corrected chi connectivity index (χ2v) is 7.35. The Morgan fingerprint density at radius 3 is 2.42 bits per heavy atom. The number of ketones is 1. The van der Waals surface area contributed by atoms with Crippen molar-refractivity contribution in [3.8, 4) is 5.69 Å². The summed E-state index contributed by atoms with van der Waals surface area (Å²) >= 11 is 1.28. The Labute approximate surface area is 155 Å². The van der Waals surface area contributed by atoms with Crippen LogP contribution in [0.4, 0.5) is 5.13 Å². The number of hydrogen-bond acceptors (Lipinski definition) is 5. The van der Waals surface area contributed by atoms with Crippen LogP contribution in [0.25, 0.3) is 5.69 Å². The van der Waals surface area contributed by atoms with Gasteiger partial charge in [-0.1, -0.05) is 43.4 Å². The molecular weight excluding hydrogens is 348 g/mol. The van der Waals surface area contributed by atoms with Crippen LogP contribution in [0.5, 0.6) is 0 Å². The lowest BCUT2D eigenvalue weighted by Crippen LogP contribution is -2.23. The zero-order chi connectivity index (χ0) is 18.8. The van der Waals surface area contributed by atoms with Crippen LogP contribution in [0.2, 0.25) is 0 Å². The van der Waals surface area contributed by atoms with Gasteiger partial charge in [-0.3, -0.25) is 14.9 Å². The van der Waals surface area contributed by atoms with Gasteiger partial charge in [0.2, 0.25) is 5.13 Å². The molecule has 0 aliphatic carbocycles. The zero-order valence-electron chi connectivity index (χ0n) is 15.1. The molecule has 0 aliphatic rings. The van der Waals surface area contributed by atoms with E-state index in [2.05, 4.69) is 15.5 Å². The van der Waals surface area contributed by atoms with Crippen molar-refractivity contribution in [3.05, 3.63) is 58.4 Å². The number of carbonyl (C=O) groups excluding carboxylic acids is 2. The summed E-state index contributed by atoms with van der Waals surface area (Å²) in [4.78, 5) is 25.0. The first-order valence-electron chi connectivity index (χ1n) is 8.32. The molecule has 2 aromatic heterocycles. The molecule has 0 bridgehead atoms. The van der Waals surface area contributed by atoms with E-state index in [-0.39, 0.29) is 5.92 Å². The van der Waals surface area contributed by atoms with Crippen molar-refractivity contribution in [2.24, 2.45) is 0 Å². The number of rotatable bonds is 5. The maximum Gasteiger partial charge on any atom is 0.298 e. The lowest BCUT2D eigenvalue weighted by Gasteiger charge is -2.09. The topological polar surface area (TPSA) is 76.9 Å². The molecule has 0 saturated heterocycles. The number of aryl methyl sites for hydroxylation is 1. The fourth-order valence-electron chi connectivity index (χ4n) is 2.76. The Morgan fingerprint density at radius 1 is 1.12 bits per heavy atom. The number of hydrogen-bond donors (Lipinski definition) is 1. The van der Waals surface area contributed by atoms with Gasteiger partial charge < -0.3 is 4.57 Å². The molecule has 1 aromatic carbocycles. The first kappa shape index (κ1) is 18.0. The highest BCUT2D eigenvalue weighted by Crippen LogP contribution is 2.24. The predicted molar refractivity (Wildman–Crippen MR) is 102 cm³/mol. The third kappa shape index (κ3) is 3.43. The van der Waals surface area contributed by atoms with Gasteiger partial charge in [-0.15, -0.1) is 10.2 Å². The van der Waals surface area contributed by atoms with Crippen molar-refractivity contribution in [3.63, 3.8) is 0 Å². The normalized spacial score (nSPS) is 11.0. The zero-order valence-corrected chi connectivity index (χ0v) is 15.9. The lowest BCUT2D eigenvalue weighted by atomic mass is 10.1. The average molecular weight is 368 g/mol. The fraction of sp³-hybridized carbons (Fsp3) is 0.263. The summed E-state index contributed by atoms with van der Waals surface area (Å²) in [6.45, 7) is 7.74. The van der Waals surface area contributed by atoms with Crippen molar-refractivity contribution in [2.75, 3.05) is 5.32 Å². The molecule has 0 saturated carbocycles. The lowest BCUT2D eigenvalue weighted by molar-refractivity contribution is -0.112. The summed E-state index contributed by atoms with van der Waals surface area (Å²) in [5.41, 5.74) is 2.96. The molecular formula is C19H20N4O2S. The Hall–Kier alpha value is -2.80. The van der Waals surface area contributed by atoms with Crippen molar-refractivity contribution >= 4 is 28.2 Å². The van der Waals surface area contributed by atoms with Crippen LogP contribution in [-0.4, -0.2) is 26.5 Å². The summed E-state index contributed by atoms with van der Waals surface area (Å²) in [7, 11) is 0. The first-order valence-corrected chi connectivity index (χ1v) is 9.13. The van der Waals surface area contributed by atoms with E-state index in [9.17, 15) is 9.59 Å². The van der Waals surface area contributed by atoms with Gasteiger partial charge in [0, 0.05) is 28.6 Å². The summed E-state index contributed by atoms with van der Waals surface area (Å²) in [6, 6.07) is 11.5. The second-order valence-electron chi connectivity index (χ2n) is 6.34. The van der Waals surface area contributed by atoms with Crippen molar-refractivity contribution in [1.82, 2.24) is 14.8 Å². The highest BCUT2D eigenvalue weighted by atomic mass is 32.1. The molecule has 6 nitrogen and oxygen atoms in total. The minimum Gasteiger partial charge on any atom is -0.318 e. The molecule has 134 valence electrons. The third-order valence-electron chi connectivity index (χ3n) is 4.05. The molecule has 0 radical (unpaired) electrons. The fourth-order valence-corrected chi connectivity index (χ4v) is 3.50. The number of para-hydroxylation sites is 1.